The Hall–Kier alpha value is -1.79. The van der Waals surface area contributed by atoms with Crippen LogP contribution in [0.2, 0.25) is 5.02 Å². The Morgan fingerprint density at radius 2 is 2.06 bits per heavy atom. The summed E-state index contributed by atoms with van der Waals surface area (Å²) in [7, 11) is 0. The van der Waals surface area contributed by atoms with Gasteiger partial charge in [0.05, 0.1) is 5.52 Å². The first-order valence-electron chi connectivity index (χ1n) is 4.78. The number of halogens is 1. The molecule has 80 valence electrons. The number of benzene rings is 1. The van der Waals surface area contributed by atoms with E-state index in [0.717, 1.165) is 5.56 Å². The number of aromatic nitrogens is 1. The van der Waals surface area contributed by atoms with Crippen LogP contribution in [0.3, 0.4) is 0 Å². The van der Waals surface area contributed by atoms with Gasteiger partial charge in [-0.1, -0.05) is 11.6 Å². The SMILES string of the molecule is Cc1[nH]c2c(C)c(Cl)ccc2c(=O)c1C#N. The number of nitriles is 1. The van der Waals surface area contributed by atoms with E-state index in [0.29, 0.717) is 21.6 Å². The molecule has 2 aromatic rings. The van der Waals surface area contributed by atoms with E-state index in [9.17, 15) is 4.79 Å². The first-order chi connectivity index (χ1) is 7.56. The molecule has 0 aliphatic carbocycles. The number of rotatable bonds is 0. The molecular formula is C12H9ClN2O. The van der Waals surface area contributed by atoms with E-state index >= 15 is 0 Å². The maximum atomic E-state index is 12.0. The van der Waals surface area contributed by atoms with E-state index in [2.05, 4.69) is 4.98 Å². The molecule has 3 nitrogen and oxygen atoms in total. The lowest BCUT2D eigenvalue weighted by Gasteiger charge is -2.06. The lowest BCUT2D eigenvalue weighted by Crippen LogP contribution is -2.11. The standard InChI is InChI=1S/C12H9ClN2O/c1-6-10(13)4-3-8-11(6)15-7(2)9(5-14)12(8)16/h3-4H,1-2H3,(H,15,16). The number of nitrogens with zero attached hydrogens (tertiary/aromatic N) is 1. The molecule has 0 fully saturated rings. The lowest BCUT2D eigenvalue weighted by molar-refractivity contribution is 1.20. The molecule has 0 aliphatic rings. The second-order valence-electron chi connectivity index (χ2n) is 3.66. The maximum Gasteiger partial charge on any atom is 0.207 e. The fourth-order valence-electron chi connectivity index (χ4n) is 1.73. The summed E-state index contributed by atoms with van der Waals surface area (Å²) in [5.74, 6) is 0. The number of aromatic amines is 1. The topological polar surface area (TPSA) is 56.6 Å². The summed E-state index contributed by atoms with van der Waals surface area (Å²) in [6, 6.07) is 5.23. The minimum atomic E-state index is -0.242. The Bertz CT molecular complexity index is 680. The molecule has 2 rings (SSSR count). The quantitative estimate of drug-likeness (QED) is 0.759. The van der Waals surface area contributed by atoms with Gasteiger partial charge in [0.1, 0.15) is 11.6 Å². The van der Waals surface area contributed by atoms with Crippen LogP contribution in [0.1, 0.15) is 16.8 Å². The monoisotopic (exact) mass is 232 g/mol. The molecule has 16 heavy (non-hydrogen) atoms. The second-order valence-corrected chi connectivity index (χ2v) is 4.07. The summed E-state index contributed by atoms with van der Waals surface area (Å²) in [6.07, 6.45) is 0. The van der Waals surface area contributed by atoms with Crippen LogP contribution in [0.25, 0.3) is 10.9 Å². The van der Waals surface area contributed by atoms with Gasteiger partial charge in [-0.15, -0.1) is 0 Å². The van der Waals surface area contributed by atoms with Gasteiger partial charge in [-0.25, -0.2) is 0 Å². The van der Waals surface area contributed by atoms with Crippen LogP contribution in [-0.4, -0.2) is 4.98 Å². The Labute approximate surface area is 97.3 Å². The first-order valence-corrected chi connectivity index (χ1v) is 5.16. The average molecular weight is 233 g/mol. The van der Waals surface area contributed by atoms with Crippen LogP contribution in [-0.2, 0) is 0 Å². The molecule has 1 heterocycles. The van der Waals surface area contributed by atoms with Crippen LogP contribution in [0.5, 0.6) is 0 Å². The van der Waals surface area contributed by atoms with E-state index in [4.69, 9.17) is 16.9 Å². The number of pyridine rings is 1. The maximum absolute atomic E-state index is 12.0. The molecule has 0 bridgehead atoms. The largest absolute Gasteiger partial charge is 0.357 e. The van der Waals surface area contributed by atoms with Crippen molar-refractivity contribution >= 4 is 22.5 Å². The van der Waals surface area contributed by atoms with Crippen molar-refractivity contribution in [3.8, 4) is 6.07 Å². The number of hydrogen-bond donors (Lipinski definition) is 1. The summed E-state index contributed by atoms with van der Waals surface area (Å²) in [5.41, 5.74) is 2.02. The van der Waals surface area contributed by atoms with Crippen molar-refractivity contribution in [1.29, 1.82) is 5.26 Å². The molecule has 1 aromatic heterocycles. The number of H-pyrrole nitrogens is 1. The zero-order valence-corrected chi connectivity index (χ0v) is 9.64. The fourth-order valence-corrected chi connectivity index (χ4v) is 1.88. The number of hydrogen-bond acceptors (Lipinski definition) is 2. The molecule has 0 atom stereocenters. The zero-order chi connectivity index (χ0) is 11.9. The summed E-state index contributed by atoms with van der Waals surface area (Å²) in [4.78, 5) is 15.0. The Morgan fingerprint density at radius 3 is 2.69 bits per heavy atom. The molecule has 0 saturated heterocycles. The lowest BCUT2D eigenvalue weighted by atomic mass is 10.1. The number of aryl methyl sites for hydroxylation is 2. The van der Waals surface area contributed by atoms with Crippen LogP contribution in [0.15, 0.2) is 16.9 Å². The summed E-state index contributed by atoms with van der Waals surface area (Å²) in [6.45, 7) is 3.55. The van der Waals surface area contributed by atoms with Crippen molar-refractivity contribution in [1.82, 2.24) is 4.98 Å². The van der Waals surface area contributed by atoms with Crippen molar-refractivity contribution in [3.05, 3.63) is 44.2 Å². The van der Waals surface area contributed by atoms with Crippen LogP contribution in [0.4, 0.5) is 0 Å². The summed E-state index contributed by atoms with van der Waals surface area (Å²) >= 11 is 5.98. The molecular weight excluding hydrogens is 224 g/mol. The van der Waals surface area contributed by atoms with Crippen molar-refractivity contribution in [2.45, 2.75) is 13.8 Å². The van der Waals surface area contributed by atoms with Gasteiger partial charge in [-0.3, -0.25) is 4.79 Å². The summed E-state index contributed by atoms with van der Waals surface area (Å²) in [5, 5.41) is 9.99. The molecule has 1 N–H and O–H groups in total. The van der Waals surface area contributed by atoms with Crippen molar-refractivity contribution < 1.29 is 0 Å². The van der Waals surface area contributed by atoms with Crippen LogP contribution >= 0.6 is 11.6 Å². The second kappa shape index (κ2) is 3.66. The van der Waals surface area contributed by atoms with E-state index in [-0.39, 0.29) is 11.0 Å². The molecule has 0 unspecified atom stereocenters. The van der Waals surface area contributed by atoms with Gasteiger partial charge in [-0.05, 0) is 31.5 Å². The molecule has 0 amide bonds. The summed E-state index contributed by atoms with van der Waals surface area (Å²) < 4.78 is 0. The highest BCUT2D eigenvalue weighted by molar-refractivity contribution is 6.32. The van der Waals surface area contributed by atoms with Gasteiger partial charge in [0.15, 0.2) is 0 Å². The van der Waals surface area contributed by atoms with Crippen molar-refractivity contribution in [2.75, 3.05) is 0 Å². The molecule has 0 saturated carbocycles. The molecule has 1 aromatic carbocycles. The predicted molar refractivity (Wildman–Crippen MR) is 63.8 cm³/mol. The molecule has 4 heteroatoms. The Morgan fingerprint density at radius 1 is 1.38 bits per heavy atom. The zero-order valence-electron chi connectivity index (χ0n) is 8.89. The number of fused-ring (bicyclic) bond motifs is 1. The van der Waals surface area contributed by atoms with Crippen molar-refractivity contribution in [2.24, 2.45) is 0 Å². The third-order valence-corrected chi connectivity index (χ3v) is 3.08. The first kappa shape index (κ1) is 10.7. The van der Waals surface area contributed by atoms with Gasteiger partial charge >= 0.3 is 0 Å². The van der Waals surface area contributed by atoms with Gasteiger partial charge in [-0.2, -0.15) is 5.26 Å². The molecule has 0 aliphatic heterocycles. The molecule has 0 spiro atoms. The number of nitrogens with one attached hydrogen (secondary N) is 1. The fraction of sp³-hybridized carbons (Fsp3) is 0.167. The van der Waals surface area contributed by atoms with Crippen LogP contribution in [0, 0.1) is 25.2 Å². The van der Waals surface area contributed by atoms with E-state index in [1.54, 1.807) is 19.1 Å². The van der Waals surface area contributed by atoms with Crippen LogP contribution < -0.4 is 5.43 Å². The smallest absolute Gasteiger partial charge is 0.207 e. The highest BCUT2D eigenvalue weighted by Crippen LogP contribution is 2.22. The highest BCUT2D eigenvalue weighted by Gasteiger charge is 2.11. The predicted octanol–water partition coefficient (Wildman–Crippen LogP) is 2.67. The Kier molecular flexibility index (Phi) is 2.45. The normalized spacial score (nSPS) is 10.4. The highest BCUT2D eigenvalue weighted by atomic mass is 35.5. The minimum Gasteiger partial charge on any atom is -0.357 e. The van der Waals surface area contributed by atoms with E-state index in [1.165, 1.54) is 0 Å². The third kappa shape index (κ3) is 1.39. The van der Waals surface area contributed by atoms with Gasteiger partial charge in [0.25, 0.3) is 0 Å². The van der Waals surface area contributed by atoms with Gasteiger partial charge < -0.3 is 4.98 Å². The minimum absolute atomic E-state index is 0.161. The molecule has 0 radical (unpaired) electrons. The van der Waals surface area contributed by atoms with E-state index < -0.39 is 0 Å². The van der Waals surface area contributed by atoms with E-state index in [1.807, 2.05) is 13.0 Å². The average Bonchev–Trinajstić information content (AvgIpc) is 2.25. The van der Waals surface area contributed by atoms with Gasteiger partial charge in [0, 0.05) is 16.1 Å². The third-order valence-electron chi connectivity index (χ3n) is 2.67. The van der Waals surface area contributed by atoms with Gasteiger partial charge in [0.2, 0.25) is 5.43 Å². The van der Waals surface area contributed by atoms with Crippen molar-refractivity contribution in [3.63, 3.8) is 0 Å². The Balaban J connectivity index is 3.06.